The summed E-state index contributed by atoms with van der Waals surface area (Å²) in [6.07, 6.45) is 0. The number of anilines is 3. The number of benzene rings is 8. The minimum atomic E-state index is -0.177. The van der Waals surface area contributed by atoms with Gasteiger partial charge in [0.1, 0.15) is 11.2 Å². The van der Waals surface area contributed by atoms with Gasteiger partial charge in [-0.2, -0.15) is 0 Å². The van der Waals surface area contributed by atoms with E-state index in [0.717, 1.165) is 44.6 Å². The lowest BCUT2D eigenvalue weighted by Gasteiger charge is -2.29. The van der Waals surface area contributed by atoms with Gasteiger partial charge in [0.25, 0.3) is 0 Å². The molecule has 0 bridgehead atoms. The largest absolute Gasteiger partial charge is 0.456 e. The summed E-state index contributed by atoms with van der Waals surface area (Å²) in [5.74, 6) is 0. The smallest absolute Gasteiger partial charge is 0.137 e. The maximum atomic E-state index is 6.64. The Hall–Kier alpha value is -6.64. The second-order valence-corrected chi connectivity index (χ2v) is 14.5. The normalized spacial score (nSPS) is 12.9. The van der Waals surface area contributed by atoms with Crippen LogP contribution in [0.4, 0.5) is 17.1 Å². The molecule has 2 nitrogen and oxygen atoms in total. The predicted octanol–water partition coefficient (Wildman–Crippen LogP) is 14.4. The number of nitrogens with zero attached hydrogens (tertiary/aromatic N) is 1. The van der Waals surface area contributed by atoms with Crippen molar-refractivity contribution in [2.75, 3.05) is 4.90 Å². The summed E-state index contributed by atoms with van der Waals surface area (Å²) in [7, 11) is 0. The molecule has 2 heteroatoms. The van der Waals surface area contributed by atoms with Crippen molar-refractivity contribution in [1.82, 2.24) is 0 Å². The number of furan rings is 1. The van der Waals surface area contributed by atoms with Crippen LogP contribution < -0.4 is 4.90 Å². The zero-order chi connectivity index (χ0) is 35.5. The molecule has 1 aliphatic carbocycles. The fourth-order valence-corrected chi connectivity index (χ4v) is 8.55. The molecule has 1 heterocycles. The summed E-state index contributed by atoms with van der Waals surface area (Å²) in [6, 6.07) is 67.7. The fraction of sp³-hybridized carbons (Fsp3) is 0.0588. The number of fused-ring (bicyclic) bond motifs is 6. The molecule has 9 aromatic rings. The van der Waals surface area contributed by atoms with Crippen molar-refractivity contribution in [2.45, 2.75) is 19.3 Å². The molecule has 0 atom stereocenters. The molecular weight excluding hydrogens is 643 g/mol. The molecule has 53 heavy (non-hydrogen) atoms. The van der Waals surface area contributed by atoms with Crippen molar-refractivity contribution >= 4 is 39.0 Å². The molecule has 0 N–H and O–H groups in total. The van der Waals surface area contributed by atoms with Crippen LogP contribution in [0.15, 0.2) is 192 Å². The first-order valence-electron chi connectivity index (χ1n) is 18.4. The van der Waals surface area contributed by atoms with Crippen LogP contribution in [0.5, 0.6) is 0 Å². The Labute approximate surface area is 310 Å². The molecule has 0 aliphatic heterocycles. The van der Waals surface area contributed by atoms with Crippen molar-refractivity contribution in [3.05, 3.63) is 199 Å². The highest BCUT2D eigenvalue weighted by Crippen LogP contribution is 2.55. The number of para-hydroxylation sites is 1. The molecule has 252 valence electrons. The third-order valence-corrected chi connectivity index (χ3v) is 11.1. The van der Waals surface area contributed by atoms with E-state index in [1.807, 2.05) is 0 Å². The van der Waals surface area contributed by atoms with Gasteiger partial charge in [0.05, 0.1) is 11.1 Å². The first-order chi connectivity index (χ1) is 26.1. The molecule has 0 radical (unpaired) electrons. The van der Waals surface area contributed by atoms with Crippen LogP contribution in [0.1, 0.15) is 25.0 Å². The Morgan fingerprint density at radius 1 is 0.415 bits per heavy atom. The monoisotopic (exact) mass is 679 g/mol. The standard InChI is InChI=1S/C51H37NO/c1-51(2)44-26-15-14-25-41(44)49-42(35-19-8-4-9-20-35)32-38(33-45(49)51)52(37-21-10-5-11-22-37)46-27-16-28-48-50(46)43-31-36(29-30-47(43)53-48)40-24-13-12-23-39(40)34-17-6-3-7-18-34/h3-33H,1-2H3. The average Bonchev–Trinajstić information content (AvgIpc) is 3.71. The lowest BCUT2D eigenvalue weighted by molar-refractivity contribution is 0.660. The molecule has 0 spiro atoms. The zero-order valence-electron chi connectivity index (χ0n) is 29.8. The first-order valence-corrected chi connectivity index (χ1v) is 18.4. The topological polar surface area (TPSA) is 16.4 Å². The van der Waals surface area contributed by atoms with E-state index in [-0.39, 0.29) is 5.41 Å². The van der Waals surface area contributed by atoms with Gasteiger partial charge in [0.15, 0.2) is 0 Å². The van der Waals surface area contributed by atoms with Crippen molar-refractivity contribution in [3.8, 4) is 44.5 Å². The van der Waals surface area contributed by atoms with Gasteiger partial charge in [-0.25, -0.2) is 0 Å². The van der Waals surface area contributed by atoms with E-state index in [1.54, 1.807) is 0 Å². The van der Waals surface area contributed by atoms with Crippen molar-refractivity contribution < 1.29 is 4.42 Å². The molecule has 1 aliphatic rings. The third-order valence-electron chi connectivity index (χ3n) is 11.1. The molecule has 0 saturated carbocycles. The number of hydrogen-bond donors (Lipinski definition) is 0. The molecular formula is C51H37NO. The molecule has 1 aromatic heterocycles. The Kier molecular flexibility index (Phi) is 7.19. The maximum absolute atomic E-state index is 6.64. The first kappa shape index (κ1) is 31.1. The highest BCUT2D eigenvalue weighted by Gasteiger charge is 2.38. The number of rotatable bonds is 6. The SMILES string of the molecule is CC1(C)c2ccccc2-c2c(-c3ccccc3)cc(N(c3ccccc3)c3cccc4oc5ccc(-c6ccccc6-c6ccccc6)cc5c34)cc21. The van der Waals surface area contributed by atoms with Gasteiger partial charge in [0, 0.05) is 22.2 Å². The van der Waals surface area contributed by atoms with Crippen molar-refractivity contribution in [1.29, 1.82) is 0 Å². The van der Waals surface area contributed by atoms with Crippen LogP contribution in [0, 0.1) is 0 Å². The molecule has 0 unspecified atom stereocenters. The van der Waals surface area contributed by atoms with Crippen molar-refractivity contribution in [2.24, 2.45) is 0 Å². The molecule has 0 fully saturated rings. The molecule has 0 saturated heterocycles. The summed E-state index contributed by atoms with van der Waals surface area (Å²) in [5, 5.41) is 2.18. The summed E-state index contributed by atoms with van der Waals surface area (Å²) in [6.45, 7) is 4.73. The minimum absolute atomic E-state index is 0.177. The highest BCUT2D eigenvalue weighted by atomic mass is 16.3. The van der Waals surface area contributed by atoms with E-state index >= 15 is 0 Å². The quantitative estimate of drug-likeness (QED) is 0.174. The lowest BCUT2D eigenvalue weighted by atomic mass is 9.81. The average molecular weight is 680 g/mol. The van der Waals surface area contributed by atoms with Gasteiger partial charge in [-0.05, 0) is 104 Å². The Balaban J connectivity index is 1.24. The Morgan fingerprint density at radius 3 is 1.74 bits per heavy atom. The molecule has 10 rings (SSSR count). The highest BCUT2D eigenvalue weighted by molar-refractivity contribution is 6.14. The molecule has 8 aromatic carbocycles. The van der Waals surface area contributed by atoms with E-state index in [9.17, 15) is 0 Å². The second-order valence-electron chi connectivity index (χ2n) is 14.5. The van der Waals surface area contributed by atoms with Gasteiger partial charge >= 0.3 is 0 Å². The summed E-state index contributed by atoms with van der Waals surface area (Å²) >= 11 is 0. The second kappa shape index (κ2) is 12.3. The van der Waals surface area contributed by atoms with E-state index in [0.29, 0.717) is 0 Å². The summed E-state index contributed by atoms with van der Waals surface area (Å²) in [5.41, 5.74) is 17.4. The third kappa shape index (κ3) is 5.02. The lowest BCUT2D eigenvalue weighted by Crippen LogP contribution is -2.17. The Morgan fingerprint density at radius 2 is 1.02 bits per heavy atom. The summed E-state index contributed by atoms with van der Waals surface area (Å²) < 4.78 is 6.64. The van der Waals surface area contributed by atoms with Gasteiger partial charge in [-0.15, -0.1) is 0 Å². The van der Waals surface area contributed by atoms with Crippen LogP contribution in [-0.2, 0) is 5.41 Å². The fourth-order valence-electron chi connectivity index (χ4n) is 8.55. The van der Waals surface area contributed by atoms with Gasteiger partial charge in [-0.3, -0.25) is 0 Å². The van der Waals surface area contributed by atoms with Crippen LogP contribution in [0.3, 0.4) is 0 Å². The predicted molar refractivity (Wildman–Crippen MR) is 222 cm³/mol. The van der Waals surface area contributed by atoms with Gasteiger partial charge in [0.2, 0.25) is 0 Å². The van der Waals surface area contributed by atoms with Gasteiger partial charge < -0.3 is 9.32 Å². The zero-order valence-corrected chi connectivity index (χ0v) is 29.8. The van der Waals surface area contributed by atoms with E-state index in [4.69, 9.17) is 4.42 Å². The van der Waals surface area contributed by atoms with Crippen LogP contribution in [0.2, 0.25) is 0 Å². The molecule has 0 amide bonds. The van der Waals surface area contributed by atoms with Crippen molar-refractivity contribution in [3.63, 3.8) is 0 Å². The maximum Gasteiger partial charge on any atom is 0.137 e. The van der Waals surface area contributed by atoms with E-state index in [1.165, 1.54) is 50.1 Å². The van der Waals surface area contributed by atoms with Crippen LogP contribution in [0.25, 0.3) is 66.4 Å². The summed E-state index contributed by atoms with van der Waals surface area (Å²) in [4.78, 5) is 2.42. The van der Waals surface area contributed by atoms with E-state index in [2.05, 4.69) is 207 Å². The minimum Gasteiger partial charge on any atom is -0.456 e. The van der Waals surface area contributed by atoms with Gasteiger partial charge in [-0.1, -0.05) is 153 Å². The van der Waals surface area contributed by atoms with Crippen LogP contribution in [-0.4, -0.2) is 0 Å². The number of hydrogen-bond acceptors (Lipinski definition) is 2. The Bertz CT molecular complexity index is 2800. The van der Waals surface area contributed by atoms with Crippen LogP contribution >= 0.6 is 0 Å². The van der Waals surface area contributed by atoms with E-state index < -0.39 is 0 Å².